The summed E-state index contributed by atoms with van der Waals surface area (Å²) in [5.74, 6) is -0.119. The smallest absolute Gasteiger partial charge is 0.246 e. The van der Waals surface area contributed by atoms with Crippen LogP contribution in [0.4, 0.5) is 5.69 Å². The summed E-state index contributed by atoms with van der Waals surface area (Å²) in [6, 6.07) is 28.5. The number of nitriles is 1. The molecule has 33 heavy (non-hydrogen) atoms. The van der Waals surface area contributed by atoms with E-state index in [1.165, 1.54) is 0 Å². The summed E-state index contributed by atoms with van der Waals surface area (Å²) < 4.78 is 1.76. The largest absolute Gasteiger partial charge is 0.324 e. The van der Waals surface area contributed by atoms with Crippen molar-refractivity contribution >= 4 is 11.6 Å². The zero-order valence-corrected chi connectivity index (χ0v) is 18.4. The summed E-state index contributed by atoms with van der Waals surface area (Å²) in [6.07, 6.45) is 2.65. The molecule has 0 aliphatic rings. The maximum atomic E-state index is 13.2. The summed E-state index contributed by atoms with van der Waals surface area (Å²) in [6.45, 7) is 0.623. The average molecular weight is 436 g/mol. The molecule has 0 unspecified atom stereocenters. The van der Waals surface area contributed by atoms with Crippen molar-refractivity contribution < 1.29 is 4.79 Å². The Labute approximate surface area is 193 Å². The molecular weight excluding hydrogens is 410 g/mol. The van der Waals surface area contributed by atoms with E-state index in [0.717, 1.165) is 34.5 Å². The zero-order valence-electron chi connectivity index (χ0n) is 18.4. The predicted octanol–water partition coefficient (Wildman–Crippen LogP) is 4.47. The van der Waals surface area contributed by atoms with E-state index in [4.69, 9.17) is 5.26 Å². The normalized spacial score (nSPS) is 11.5. The molecule has 0 radical (unpaired) electrons. The van der Waals surface area contributed by atoms with Crippen molar-refractivity contribution in [3.63, 3.8) is 0 Å². The van der Waals surface area contributed by atoms with Gasteiger partial charge in [0.2, 0.25) is 5.91 Å². The molecule has 0 saturated heterocycles. The van der Waals surface area contributed by atoms with E-state index in [1.807, 2.05) is 98.2 Å². The van der Waals surface area contributed by atoms with Crippen LogP contribution in [0.2, 0.25) is 0 Å². The Hall–Kier alpha value is -4.21. The van der Waals surface area contributed by atoms with Gasteiger partial charge in [-0.05, 0) is 47.9 Å². The van der Waals surface area contributed by atoms with Crippen molar-refractivity contribution in [3.8, 4) is 17.3 Å². The second kappa shape index (κ2) is 10.4. The van der Waals surface area contributed by atoms with Crippen LogP contribution in [-0.4, -0.2) is 22.2 Å². The molecule has 4 aromatic rings. The van der Waals surface area contributed by atoms with Gasteiger partial charge in [0.05, 0.1) is 17.3 Å². The first-order valence-electron chi connectivity index (χ1n) is 10.8. The number of aryl methyl sites for hydroxylation is 1. The molecule has 1 heterocycles. The lowest BCUT2D eigenvalue weighted by Gasteiger charge is -2.19. The molecule has 4 rings (SSSR count). The molecule has 1 atom stereocenters. The first-order chi connectivity index (χ1) is 16.1. The van der Waals surface area contributed by atoms with Gasteiger partial charge in [0.15, 0.2) is 0 Å². The third-order valence-corrected chi connectivity index (χ3v) is 5.40. The van der Waals surface area contributed by atoms with Gasteiger partial charge < -0.3 is 10.6 Å². The van der Waals surface area contributed by atoms with Gasteiger partial charge in [-0.2, -0.15) is 10.4 Å². The molecule has 1 aromatic heterocycles. The Morgan fingerprint density at radius 2 is 1.73 bits per heavy atom. The third-order valence-electron chi connectivity index (χ3n) is 5.40. The number of carbonyl (C=O) groups excluding carboxylic acids is 1. The van der Waals surface area contributed by atoms with Crippen LogP contribution in [0.3, 0.4) is 0 Å². The molecule has 0 aliphatic carbocycles. The van der Waals surface area contributed by atoms with Crippen molar-refractivity contribution in [1.29, 1.82) is 5.26 Å². The molecule has 0 saturated carbocycles. The number of carbonyl (C=O) groups is 1. The van der Waals surface area contributed by atoms with Crippen molar-refractivity contribution in [1.82, 2.24) is 15.1 Å². The van der Waals surface area contributed by atoms with Gasteiger partial charge in [-0.25, -0.2) is 0 Å². The molecule has 1 amide bonds. The Morgan fingerprint density at radius 3 is 2.36 bits per heavy atom. The Morgan fingerprint density at radius 1 is 1.00 bits per heavy atom. The number of hydrogen-bond donors (Lipinski definition) is 2. The molecule has 0 fully saturated rings. The summed E-state index contributed by atoms with van der Waals surface area (Å²) >= 11 is 0. The van der Waals surface area contributed by atoms with E-state index < -0.39 is 6.04 Å². The van der Waals surface area contributed by atoms with Crippen LogP contribution >= 0.6 is 0 Å². The Kier molecular flexibility index (Phi) is 6.93. The minimum Gasteiger partial charge on any atom is -0.324 e. The quantitative estimate of drug-likeness (QED) is 0.428. The highest BCUT2D eigenvalue weighted by Gasteiger charge is 2.20. The minimum absolute atomic E-state index is 0.119. The highest BCUT2D eigenvalue weighted by atomic mass is 16.2. The van der Waals surface area contributed by atoms with E-state index >= 15 is 0 Å². The lowest BCUT2D eigenvalue weighted by Crippen LogP contribution is -2.34. The average Bonchev–Trinajstić information content (AvgIpc) is 3.29. The maximum absolute atomic E-state index is 13.2. The molecule has 6 nitrogen and oxygen atoms in total. The summed E-state index contributed by atoms with van der Waals surface area (Å²) in [7, 11) is 1.89. The highest BCUT2D eigenvalue weighted by Crippen LogP contribution is 2.21. The minimum atomic E-state index is -0.486. The van der Waals surface area contributed by atoms with Crippen molar-refractivity contribution in [3.05, 3.63) is 108 Å². The SMILES string of the molecule is Cn1ccc(-c2ccc(NC(=O)[C@H](NCCc3ccc(C#N)cc3)c3ccccc3)cc2)n1. The van der Waals surface area contributed by atoms with Crippen LogP contribution in [0.1, 0.15) is 22.7 Å². The molecular formula is C27H25N5O. The molecule has 0 bridgehead atoms. The number of rotatable bonds is 8. The number of hydrogen-bond acceptors (Lipinski definition) is 4. The first kappa shape index (κ1) is 22.0. The zero-order chi connectivity index (χ0) is 23.0. The van der Waals surface area contributed by atoms with Gasteiger partial charge in [0.25, 0.3) is 0 Å². The third kappa shape index (κ3) is 5.73. The lowest BCUT2D eigenvalue weighted by molar-refractivity contribution is -0.118. The Balaban J connectivity index is 1.42. The van der Waals surface area contributed by atoms with Crippen LogP contribution in [0.5, 0.6) is 0 Å². The van der Waals surface area contributed by atoms with E-state index in [9.17, 15) is 4.79 Å². The summed E-state index contributed by atoms with van der Waals surface area (Å²) in [5, 5.41) is 19.8. The van der Waals surface area contributed by atoms with Crippen LogP contribution in [0.15, 0.2) is 91.1 Å². The van der Waals surface area contributed by atoms with Crippen LogP contribution < -0.4 is 10.6 Å². The lowest BCUT2D eigenvalue weighted by atomic mass is 10.0. The van der Waals surface area contributed by atoms with Crippen LogP contribution in [0, 0.1) is 11.3 Å². The van der Waals surface area contributed by atoms with E-state index in [1.54, 1.807) is 4.68 Å². The van der Waals surface area contributed by atoms with Crippen molar-refractivity contribution in [2.75, 3.05) is 11.9 Å². The van der Waals surface area contributed by atoms with E-state index in [0.29, 0.717) is 12.1 Å². The van der Waals surface area contributed by atoms with E-state index in [-0.39, 0.29) is 5.91 Å². The first-order valence-corrected chi connectivity index (χ1v) is 10.8. The Bertz CT molecular complexity index is 1240. The maximum Gasteiger partial charge on any atom is 0.246 e. The van der Waals surface area contributed by atoms with E-state index in [2.05, 4.69) is 21.8 Å². The monoisotopic (exact) mass is 435 g/mol. The standard InChI is InChI=1S/C27H25N5O/c1-32-18-16-25(31-32)22-11-13-24(14-12-22)30-27(33)26(23-5-3-2-4-6-23)29-17-15-20-7-9-21(19-28)10-8-20/h2-14,16,18,26,29H,15,17H2,1H3,(H,30,33)/t26-/m1/s1. The van der Waals surface area contributed by atoms with Gasteiger partial charge in [-0.15, -0.1) is 0 Å². The number of anilines is 1. The van der Waals surface area contributed by atoms with Crippen molar-refractivity contribution in [2.24, 2.45) is 7.05 Å². The number of benzene rings is 3. The van der Waals surface area contributed by atoms with Gasteiger partial charge in [-0.3, -0.25) is 9.48 Å². The fraction of sp³-hybridized carbons (Fsp3) is 0.148. The molecule has 164 valence electrons. The van der Waals surface area contributed by atoms with Gasteiger partial charge in [0, 0.05) is 31.0 Å². The second-order valence-corrected chi connectivity index (χ2v) is 7.80. The summed E-state index contributed by atoms with van der Waals surface area (Å²) in [5.41, 5.74) is 5.27. The van der Waals surface area contributed by atoms with Gasteiger partial charge >= 0.3 is 0 Å². The van der Waals surface area contributed by atoms with Gasteiger partial charge in [-0.1, -0.05) is 54.6 Å². The number of nitrogens with zero attached hydrogens (tertiary/aromatic N) is 3. The topological polar surface area (TPSA) is 82.7 Å². The molecule has 0 aliphatic heterocycles. The number of amides is 1. The predicted molar refractivity (Wildman–Crippen MR) is 129 cm³/mol. The molecule has 0 spiro atoms. The number of aromatic nitrogens is 2. The fourth-order valence-corrected chi connectivity index (χ4v) is 3.62. The number of nitrogens with one attached hydrogen (secondary N) is 2. The molecule has 6 heteroatoms. The van der Waals surface area contributed by atoms with Crippen molar-refractivity contribution in [2.45, 2.75) is 12.5 Å². The van der Waals surface area contributed by atoms with Gasteiger partial charge in [0.1, 0.15) is 6.04 Å². The molecule has 2 N–H and O–H groups in total. The fourth-order valence-electron chi connectivity index (χ4n) is 3.62. The molecule has 3 aromatic carbocycles. The second-order valence-electron chi connectivity index (χ2n) is 7.80. The summed E-state index contributed by atoms with van der Waals surface area (Å²) in [4.78, 5) is 13.2. The van der Waals surface area contributed by atoms with Crippen LogP contribution in [0.25, 0.3) is 11.3 Å². The van der Waals surface area contributed by atoms with Crippen LogP contribution in [-0.2, 0) is 18.3 Å². The highest BCUT2D eigenvalue weighted by molar-refractivity contribution is 5.95.